The summed E-state index contributed by atoms with van der Waals surface area (Å²) in [5.74, 6) is 0.135. The van der Waals surface area contributed by atoms with Crippen molar-refractivity contribution in [1.82, 2.24) is 20.2 Å². The highest BCUT2D eigenvalue weighted by molar-refractivity contribution is 5.95. The number of ketones is 1. The molecule has 2 aliphatic rings. The number of hydrogen-bond acceptors (Lipinski definition) is 6. The predicted molar refractivity (Wildman–Crippen MR) is 142 cm³/mol. The van der Waals surface area contributed by atoms with Crippen molar-refractivity contribution in [3.05, 3.63) is 58.7 Å². The summed E-state index contributed by atoms with van der Waals surface area (Å²) in [7, 11) is 0. The van der Waals surface area contributed by atoms with Crippen LogP contribution in [0.1, 0.15) is 80.0 Å². The Hall–Kier alpha value is -2.79. The number of carbonyl (C=O) groups excluding carboxylic acids is 1. The zero-order chi connectivity index (χ0) is 25.8. The highest BCUT2D eigenvalue weighted by atomic mass is 16.5. The van der Waals surface area contributed by atoms with Crippen molar-refractivity contribution in [2.24, 2.45) is 5.41 Å². The number of carbonyl (C=O) groups is 1. The summed E-state index contributed by atoms with van der Waals surface area (Å²) in [4.78, 5) is 22.4. The van der Waals surface area contributed by atoms with E-state index in [4.69, 9.17) is 10.00 Å². The van der Waals surface area contributed by atoms with Gasteiger partial charge in [0.05, 0.1) is 19.4 Å². The summed E-state index contributed by atoms with van der Waals surface area (Å²) < 4.78 is 5.46. The molecule has 1 fully saturated rings. The summed E-state index contributed by atoms with van der Waals surface area (Å²) in [6.45, 7) is 14.6. The number of benzene rings is 1. The van der Waals surface area contributed by atoms with Gasteiger partial charge in [-0.1, -0.05) is 32.1 Å². The van der Waals surface area contributed by atoms with Crippen LogP contribution in [-0.4, -0.2) is 60.0 Å². The topological polar surface area (TPSA) is 94.0 Å². The smallest absolute Gasteiger partial charge is 0.202 e. The summed E-state index contributed by atoms with van der Waals surface area (Å²) in [6.07, 6.45) is 7.18. The highest BCUT2D eigenvalue weighted by Crippen LogP contribution is 2.40. The van der Waals surface area contributed by atoms with Gasteiger partial charge in [-0.2, -0.15) is 5.26 Å². The molecular formula is C29H39N5O2. The first-order chi connectivity index (χ1) is 17.2. The molecule has 7 heteroatoms. The van der Waals surface area contributed by atoms with Crippen molar-refractivity contribution in [1.29, 1.82) is 5.26 Å². The molecule has 1 aromatic carbocycles. The zero-order valence-electron chi connectivity index (χ0n) is 22.1. The lowest BCUT2D eigenvalue weighted by atomic mass is 9.75. The van der Waals surface area contributed by atoms with Crippen molar-refractivity contribution in [3.8, 4) is 6.07 Å². The third-order valence-corrected chi connectivity index (χ3v) is 7.56. The zero-order valence-corrected chi connectivity index (χ0v) is 22.1. The number of aromatic amines is 1. The summed E-state index contributed by atoms with van der Waals surface area (Å²) >= 11 is 0. The molecule has 2 N–H and O–H groups in total. The van der Waals surface area contributed by atoms with E-state index < -0.39 is 0 Å². The molecule has 4 rings (SSSR count). The van der Waals surface area contributed by atoms with E-state index in [0.717, 1.165) is 69.8 Å². The molecule has 2 heterocycles. The maximum absolute atomic E-state index is 13.0. The number of nitrogens with zero attached hydrogens (tertiary/aromatic N) is 3. The first kappa shape index (κ1) is 26.3. The maximum atomic E-state index is 13.0. The van der Waals surface area contributed by atoms with Crippen LogP contribution in [-0.2, 0) is 16.7 Å². The van der Waals surface area contributed by atoms with Crippen LogP contribution in [0.5, 0.6) is 0 Å². The number of hydrogen-bond donors (Lipinski definition) is 2. The molecule has 0 bridgehead atoms. The largest absolute Gasteiger partial charge is 0.379 e. The molecule has 0 amide bonds. The van der Waals surface area contributed by atoms with E-state index in [1.807, 2.05) is 6.07 Å². The minimum absolute atomic E-state index is 0.106. The number of allylic oxidation sites excluding steroid dienone is 2. The third-order valence-electron chi connectivity index (χ3n) is 7.56. The van der Waals surface area contributed by atoms with Gasteiger partial charge in [0.25, 0.3) is 0 Å². The Kier molecular flexibility index (Phi) is 8.09. The fourth-order valence-corrected chi connectivity index (χ4v) is 4.97. The van der Waals surface area contributed by atoms with Crippen LogP contribution < -0.4 is 5.32 Å². The number of rotatable bonds is 9. The monoisotopic (exact) mass is 489 g/mol. The number of ether oxygens (including phenoxy) is 1. The Morgan fingerprint density at radius 1 is 1.31 bits per heavy atom. The number of H-pyrrole nitrogens is 1. The van der Waals surface area contributed by atoms with Crippen LogP contribution in [0, 0.1) is 16.7 Å². The van der Waals surface area contributed by atoms with Crippen molar-refractivity contribution in [2.45, 2.75) is 58.9 Å². The number of nitrogens with one attached hydrogen (secondary N) is 2. The summed E-state index contributed by atoms with van der Waals surface area (Å²) in [6, 6.07) is 8.52. The summed E-state index contributed by atoms with van der Waals surface area (Å²) in [5, 5.41) is 12.8. The van der Waals surface area contributed by atoms with Gasteiger partial charge in [-0.05, 0) is 66.9 Å². The molecule has 1 aliphatic heterocycles. The van der Waals surface area contributed by atoms with Crippen LogP contribution >= 0.6 is 0 Å². The molecule has 0 radical (unpaired) electrons. The second kappa shape index (κ2) is 11.1. The molecule has 1 aliphatic carbocycles. The second-order valence-corrected chi connectivity index (χ2v) is 11.3. The van der Waals surface area contributed by atoms with E-state index in [1.54, 1.807) is 0 Å². The standard InChI is InChI=1S/C29H39N5O2/c1-28(2)9-7-21(8-10-28)25-18-23(29(3,4)32-11-12-34-13-15-36-16-14-34)6-5-22(25)17-26(35)27-31-20-24(19-30)33-27/h5-7,18,20,32H,8-17H2,1-4H3,(H,31,33). The quantitative estimate of drug-likeness (QED) is 0.505. The molecule has 1 aromatic heterocycles. The lowest BCUT2D eigenvalue weighted by Gasteiger charge is -2.32. The van der Waals surface area contributed by atoms with E-state index in [2.05, 4.69) is 72.2 Å². The number of morpholine rings is 1. The van der Waals surface area contributed by atoms with E-state index in [-0.39, 0.29) is 23.6 Å². The fraction of sp³-hybridized carbons (Fsp3) is 0.552. The minimum atomic E-state index is -0.208. The van der Waals surface area contributed by atoms with Gasteiger partial charge in [-0.25, -0.2) is 4.98 Å². The molecule has 0 unspecified atom stereocenters. The van der Waals surface area contributed by atoms with Gasteiger partial charge in [0.15, 0.2) is 5.82 Å². The van der Waals surface area contributed by atoms with Crippen molar-refractivity contribution < 1.29 is 9.53 Å². The molecule has 7 nitrogen and oxygen atoms in total. The lowest BCUT2D eigenvalue weighted by Crippen LogP contribution is -2.44. The van der Waals surface area contributed by atoms with Crippen LogP contribution in [0.3, 0.4) is 0 Å². The van der Waals surface area contributed by atoms with Crippen molar-refractivity contribution >= 4 is 11.4 Å². The molecule has 36 heavy (non-hydrogen) atoms. The minimum Gasteiger partial charge on any atom is -0.379 e. The van der Waals surface area contributed by atoms with Gasteiger partial charge in [-0.3, -0.25) is 9.69 Å². The lowest BCUT2D eigenvalue weighted by molar-refractivity contribution is 0.0376. The Labute approximate surface area is 214 Å². The van der Waals surface area contributed by atoms with E-state index in [9.17, 15) is 4.79 Å². The number of nitriles is 1. The van der Waals surface area contributed by atoms with Crippen LogP contribution in [0.4, 0.5) is 0 Å². The molecule has 0 atom stereocenters. The molecule has 0 spiro atoms. The maximum Gasteiger partial charge on any atom is 0.202 e. The average molecular weight is 490 g/mol. The van der Waals surface area contributed by atoms with Gasteiger partial charge >= 0.3 is 0 Å². The van der Waals surface area contributed by atoms with Crippen LogP contribution in [0.15, 0.2) is 30.5 Å². The number of aromatic nitrogens is 2. The first-order valence-electron chi connectivity index (χ1n) is 13.0. The normalized spacial score (nSPS) is 18.5. The molecule has 1 saturated heterocycles. The predicted octanol–water partition coefficient (Wildman–Crippen LogP) is 4.46. The van der Waals surface area contributed by atoms with E-state index >= 15 is 0 Å². The van der Waals surface area contributed by atoms with Gasteiger partial charge in [-0.15, -0.1) is 0 Å². The number of Topliss-reactive ketones (excluding diaryl/α,β-unsaturated/α-hetero) is 1. The molecule has 0 saturated carbocycles. The van der Waals surface area contributed by atoms with Gasteiger partial charge in [0.1, 0.15) is 11.8 Å². The molecular weight excluding hydrogens is 450 g/mol. The van der Waals surface area contributed by atoms with Crippen LogP contribution in [0.2, 0.25) is 0 Å². The Balaban J connectivity index is 1.55. The van der Waals surface area contributed by atoms with Crippen molar-refractivity contribution in [3.63, 3.8) is 0 Å². The van der Waals surface area contributed by atoms with Crippen LogP contribution in [0.25, 0.3) is 5.57 Å². The SMILES string of the molecule is CC1(C)CC=C(c2cc(C(C)(C)NCCN3CCOCC3)ccc2CC(=O)c2ncc(C#N)[nH]2)CC1. The Bertz CT molecular complexity index is 1150. The fourth-order valence-electron chi connectivity index (χ4n) is 4.97. The first-order valence-corrected chi connectivity index (χ1v) is 13.0. The second-order valence-electron chi connectivity index (χ2n) is 11.3. The van der Waals surface area contributed by atoms with Crippen molar-refractivity contribution in [2.75, 3.05) is 39.4 Å². The summed E-state index contributed by atoms with van der Waals surface area (Å²) in [5.41, 5.74) is 5.10. The number of imidazole rings is 1. The highest BCUT2D eigenvalue weighted by Gasteiger charge is 2.26. The van der Waals surface area contributed by atoms with E-state index in [1.165, 1.54) is 17.3 Å². The third kappa shape index (κ3) is 6.50. The van der Waals surface area contributed by atoms with Gasteiger partial charge < -0.3 is 15.0 Å². The van der Waals surface area contributed by atoms with Gasteiger partial charge in [0, 0.05) is 38.1 Å². The average Bonchev–Trinajstić information content (AvgIpc) is 3.35. The van der Waals surface area contributed by atoms with Gasteiger partial charge in [0.2, 0.25) is 5.78 Å². The molecule has 2 aromatic rings. The van der Waals surface area contributed by atoms with E-state index in [0.29, 0.717) is 11.1 Å². The Morgan fingerprint density at radius 3 is 2.75 bits per heavy atom. The molecule has 192 valence electrons. The Morgan fingerprint density at radius 2 is 2.08 bits per heavy atom.